The fourth-order valence-corrected chi connectivity index (χ4v) is 2.05. The summed E-state index contributed by atoms with van der Waals surface area (Å²) in [4.78, 5) is 23.3. The van der Waals surface area contributed by atoms with E-state index in [1.807, 2.05) is 0 Å². The van der Waals surface area contributed by atoms with E-state index in [1.165, 1.54) is 12.1 Å². The number of halogens is 1. The number of ketones is 1. The first-order valence-electron chi connectivity index (χ1n) is 7.67. The molecule has 23 heavy (non-hydrogen) atoms. The van der Waals surface area contributed by atoms with E-state index in [-0.39, 0.29) is 30.4 Å². The van der Waals surface area contributed by atoms with Crippen molar-refractivity contribution in [2.75, 3.05) is 6.54 Å². The zero-order valence-corrected chi connectivity index (χ0v) is 14.1. The van der Waals surface area contributed by atoms with Crippen molar-refractivity contribution in [2.45, 2.75) is 52.2 Å². The highest BCUT2D eigenvalue weighted by Crippen LogP contribution is 2.14. The second-order valence-electron chi connectivity index (χ2n) is 6.37. The Bertz CT molecular complexity index is 567. The Balaban J connectivity index is 2.74. The van der Waals surface area contributed by atoms with Crippen molar-refractivity contribution >= 4 is 11.9 Å². The molecule has 1 atom stereocenters. The van der Waals surface area contributed by atoms with Crippen LogP contribution in [0.5, 0.6) is 0 Å². The minimum absolute atomic E-state index is 0.0839. The molecular formula is C17H25FN2O3. The highest BCUT2D eigenvalue weighted by molar-refractivity contribution is 5.96. The van der Waals surface area contributed by atoms with Crippen molar-refractivity contribution < 1.29 is 18.7 Å². The summed E-state index contributed by atoms with van der Waals surface area (Å²) < 4.78 is 19.1. The molecule has 0 saturated heterocycles. The molecule has 0 heterocycles. The number of Topliss-reactive ketones (excluding diaryl/α,β-unsaturated/α-hetero) is 1. The van der Waals surface area contributed by atoms with Gasteiger partial charge in [0.2, 0.25) is 0 Å². The van der Waals surface area contributed by atoms with Gasteiger partial charge in [0.25, 0.3) is 0 Å². The Morgan fingerprint density at radius 2 is 2.00 bits per heavy atom. The van der Waals surface area contributed by atoms with E-state index in [2.05, 4.69) is 5.32 Å². The summed E-state index contributed by atoms with van der Waals surface area (Å²) in [5.74, 6) is -0.793. The molecule has 5 nitrogen and oxygen atoms in total. The number of nitrogens with one attached hydrogen (secondary N) is 1. The lowest BCUT2D eigenvalue weighted by molar-refractivity contribution is 0.0506. The van der Waals surface area contributed by atoms with Crippen molar-refractivity contribution in [3.05, 3.63) is 35.1 Å². The third kappa shape index (κ3) is 6.36. The molecule has 1 aromatic rings. The molecule has 0 fully saturated rings. The van der Waals surface area contributed by atoms with Gasteiger partial charge < -0.3 is 15.8 Å². The second-order valence-corrected chi connectivity index (χ2v) is 6.37. The maximum atomic E-state index is 14.0. The largest absolute Gasteiger partial charge is 0.444 e. The van der Waals surface area contributed by atoms with Crippen LogP contribution < -0.4 is 11.1 Å². The molecule has 0 spiro atoms. The Morgan fingerprint density at radius 1 is 1.35 bits per heavy atom. The summed E-state index contributed by atoms with van der Waals surface area (Å²) in [6.45, 7) is 7.18. The van der Waals surface area contributed by atoms with Gasteiger partial charge in [0.1, 0.15) is 11.4 Å². The van der Waals surface area contributed by atoms with Crippen LogP contribution in [0.1, 0.15) is 50.0 Å². The van der Waals surface area contributed by atoms with Crippen LogP contribution in [0.2, 0.25) is 0 Å². The molecular weight excluding hydrogens is 299 g/mol. The van der Waals surface area contributed by atoms with Crippen LogP contribution in [0.4, 0.5) is 9.18 Å². The first-order chi connectivity index (χ1) is 10.7. The number of nitrogens with two attached hydrogens (primary N) is 1. The number of ether oxygens (including phenoxy) is 1. The number of benzene rings is 1. The van der Waals surface area contributed by atoms with Gasteiger partial charge in [-0.3, -0.25) is 4.79 Å². The number of alkyl carbamates (subject to hydrolysis) is 1. The van der Waals surface area contributed by atoms with Gasteiger partial charge >= 0.3 is 6.09 Å². The Morgan fingerprint density at radius 3 is 2.48 bits per heavy atom. The van der Waals surface area contributed by atoms with Crippen LogP contribution >= 0.6 is 0 Å². The molecule has 0 aliphatic carbocycles. The van der Waals surface area contributed by atoms with Gasteiger partial charge in [-0.25, -0.2) is 9.18 Å². The molecule has 0 radical (unpaired) electrons. The van der Waals surface area contributed by atoms with Gasteiger partial charge in [0.05, 0.1) is 5.56 Å². The molecule has 0 unspecified atom stereocenters. The minimum Gasteiger partial charge on any atom is -0.444 e. The highest BCUT2D eigenvalue weighted by Gasteiger charge is 2.19. The third-order valence-electron chi connectivity index (χ3n) is 3.14. The first-order valence-corrected chi connectivity index (χ1v) is 7.67. The second kappa shape index (κ2) is 8.06. The third-order valence-corrected chi connectivity index (χ3v) is 3.14. The molecule has 0 aliphatic heterocycles. The molecule has 0 saturated carbocycles. The molecule has 128 valence electrons. The summed E-state index contributed by atoms with van der Waals surface area (Å²) >= 11 is 0. The molecule has 1 aromatic carbocycles. The number of carbonyl (C=O) groups is 2. The average Bonchev–Trinajstić information content (AvgIpc) is 2.44. The van der Waals surface area contributed by atoms with Crippen LogP contribution in [0.25, 0.3) is 0 Å². The van der Waals surface area contributed by atoms with Gasteiger partial charge in [-0.05, 0) is 44.9 Å². The number of rotatable bonds is 6. The zero-order chi connectivity index (χ0) is 17.6. The van der Waals surface area contributed by atoms with Crippen molar-refractivity contribution in [2.24, 2.45) is 5.73 Å². The molecule has 6 heteroatoms. The lowest BCUT2D eigenvalue weighted by atomic mass is 10.0. The van der Waals surface area contributed by atoms with E-state index in [0.29, 0.717) is 12.0 Å². The summed E-state index contributed by atoms with van der Waals surface area (Å²) in [5.41, 5.74) is 5.79. The predicted octanol–water partition coefficient (Wildman–Crippen LogP) is 2.81. The quantitative estimate of drug-likeness (QED) is 0.788. The van der Waals surface area contributed by atoms with Crippen LogP contribution in [0, 0.1) is 5.82 Å². The predicted molar refractivity (Wildman–Crippen MR) is 86.9 cm³/mol. The van der Waals surface area contributed by atoms with E-state index in [9.17, 15) is 14.0 Å². The monoisotopic (exact) mass is 324 g/mol. The van der Waals surface area contributed by atoms with Crippen LogP contribution in [-0.2, 0) is 11.2 Å². The maximum absolute atomic E-state index is 14.0. The van der Waals surface area contributed by atoms with E-state index >= 15 is 0 Å². The van der Waals surface area contributed by atoms with Gasteiger partial charge in [-0.1, -0.05) is 13.0 Å². The zero-order valence-electron chi connectivity index (χ0n) is 14.1. The topological polar surface area (TPSA) is 81.4 Å². The van der Waals surface area contributed by atoms with Gasteiger partial charge in [-0.15, -0.1) is 0 Å². The number of amides is 1. The molecule has 1 rings (SSSR count). The summed E-state index contributed by atoms with van der Waals surface area (Å²) in [5, 5.41) is 2.66. The highest BCUT2D eigenvalue weighted by atomic mass is 19.1. The fourth-order valence-electron chi connectivity index (χ4n) is 2.05. The van der Waals surface area contributed by atoms with Crippen molar-refractivity contribution in [1.29, 1.82) is 0 Å². The average molecular weight is 324 g/mol. The van der Waals surface area contributed by atoms with Gasteiger partial charge in [-0.2, -0.15) is 0 Å². The summed E-state index contributed by atoms with van der Waals surface area (Å²) in [6.07, 6.45) is 0.0426. The number of hydrogen-bond donors (Lipinski definition) is 2. The lowest BCUT2D eigenvalue weighted by Gasteiger charge is -2.23. The van der Waals surface area contributed by atoms with Crippen molar-refractivity contribution in [3.63, 3.8) is 0 Å². The Kier molecular flexibility index (Phi) is 6.69. The lowest BCUT2D eigenvalue weighted by Crippen LogP contribution is -2.44. The standard InChI is InChI=1S/C17H25FN2O3/c1-5-15(21)13-7-6-11(9-14(13)18)8-12(10-19)20-16(22)23-17(2,3)4/h6-7,9,12H,5,8,10,19H2,1-4H3,(H,20,22)/t12-/m0/s1. The van der Waals surface area contributed by atoms with E-state index < -0.39 is 17.5 Å². The van der Waals surface area contributed by atoms with Crippen molar-refractivity contribution in [1.82, 2.24) is 5.32 Å². The van der Waals surface area contributed by atoms with Crippen LogP contribution in [0.3, 0.4) is 0 Å². The van der Waals surface area contributed by atoms with Crippen LogP contribution in [-0.4, -0.2) is 30.1 Å². The molecule has 0 aliphatic rings. The van der Waals surface area contributed by atoms with E-state index in [4.69, 9.17) is 10.5 Å². The Labute approximate surface area is 136 Å². The van der Waals surface area contributed by atoms with Crippen molar-refractivity contribution in [3.8, 4) is 0 Å². The summed E-state index contributed by atoms with van der Waals surface area (Å²) in [7, 11) is 0. The number of hydrogen-bond acceptors (Lipinski definition) is 4. The van der Waals surface area contributed by atoms with Crippen LogP contribution in [0.15, 0.2) is 18.2 Å². The van der Waals surface area contributed by atoms with Gasteiger partial charge in [0, 0.05) is 19.0 Å². The Hall–Kier alpha value is -1.95. The molecule has 1 amide bonds. The fraction of sp³-hybridized carbons (Fsp3) is 0.529. The maximum Gasteiger partial charge on any atom is 0.407 e. The van der Waals surface area contributed by atoms with Gasteiger partial charge in [0.15, 0.2) is 5.78 Å². The van der Waals surface area contributed by atoms with E-state index in [0.717, 1.165) is 0 Å². The number of carbonyl (C=O) groups excluding carboxylic acids is 2. The normalized spacial score (nSPS) is 12.6. The summed E-state index contributed by atoms with van der Waals surface area (Å²) in [6, 6.07) is 4.07. The minimum atomic E-state index is -0.600. The first kappa shape index (κ1) is 19.1. The molecule has 0 bridgehead atoms. The smallest absolute Gasteiger partial charge is 0.407 e. The molecule has 3 N–H and O–H groups in total. The van der Waals surface area contributed by atoms with E-state index in [1.54, 1.807) is 33.8 Å². The molecule has 0 aromatic heterocycles. The SMILES string of the molecule is CCC(=O)c1ccc(C[C@@H](CN)NC(=O)OC(C)(C)C)cc1F.